The molecule has 2 aromatic carbocycles. The first-order chi connectivity index (χ1) is 13.3. The quantitative estimate of drug-likeness (QED) is 0.521. The van der Waals surface area contributed by atoms with Crippen molar-refractivity contribution in [3.63, 3.8) is 0 Å². The standard InChI is InChI=1S/C19H18F2N2O5/c20-16-6-4-14(11-17(16)21)12-22(9-8-19(25)26)18(24)7-5-13-2-1-3-15(10-13)23(27)28/h1-4,6,10-11H,5,7-9,12H2,(H,25,26). The molecule has 0 heterocycles. The Hall–Kier alpha value is -3.36. The number of carboxylic acids is 1. The predicted octanol–water partition coefficient (Wildman–Crippen LogP) is 3.31. The number of hydrogen-bond acceptors (Lipinski definition) is 4. The van der Waals surface area contributed by atoms with Gasteiger partial charge in [-0.15, -0.1) is 0 Å². The van der Waals surface area contributed by atoms with Gasteiger partial charge in [-0.1, -0.05) is 18.2 Å². The number of aliphatic carboxylic acids is 1. The van der Waals surface area contributed by atoms with E-state index in [1.807, 2.05) is 0 Å². The summed E-state index contributed by atoms with van der Waals surface area (Å²) in [5.41, 5.74) is 0.830. The molecule has 0 aliphatic rings. The topological polar surface area (TPSA) is 101 Å². The summed E-state index contributed by atoms with van der Waals surface area (Å²) in [6, 6.07) is 9.08. The molecular weight excluding hydrogens is 374 g/mol. The summed E-state index contributed by atoms with van der Waals surface area (Å²) < 4.78 is 26.5. The van der Waals surface area contributed by atoms with E-state index in [-0.39, 0.29) is 38.0 Å². The number of benzene rings is 2. The van der Waals surface area contributed by atoms with Gasteiger partial charge in [0.05, 0.1) is 11.3 Å². The number of non-ortho nitro benzene ring substituents is 1. The first kappa shape index (κ1) is 20.9. The largest absolute Gasteiger partial charge is 0.481 e. The molecule has 7 nitrogen and oxygen atoms in total. The van der Waals surface area contributed by atoms with E-state index in [4.69, 9.17) is 5.11 Å². The lowest BCUT2D eigenvalue weighted by molar-refractivity contribution is -0.384. The molecule has 0 aliphatic carbocycles. The first-order valence-electron chi connectivity index (χ1n) is 8.43. The Kier molecular flexibility index (Phi) is 7.14. The van der Waals surface area contributed by atoms with E-state index in [1.54, 1.807) is 6.07 Å². The van der Waals surface area contributed by atoms with E-state index in [2.05, 4.69) is 0 Å². The highest BCUT2D eigenvalue weighted by Gasteiger charge is 2.17. The van der Waals surface area contributed by atoms with Crippen molar-refractivity contribution in [3.05, 3.63) is 75.3 Å². The summed E-state index contributed by atoms with van der Waals surface area (Å²) in [7, 11) is 0. The van der Waals surface area contributed by atoms with Gasteiger partial charge in [-0.05, 0) is 29.7 Å². The Morgan fingerprint density at radius 1 is 1.04 bits per heavy atom. The van der Waals surface area contributed by atoms with Gasteiger partial charge in [0.25, 0.3) is 5.69 Å². The lowest BCUT2D eigenvalue weighted by Crippen LogP contribution is -2.32. The molecule has 0 bridgehead atoms. The zero-order valence-corrected chi connectivity index (χ0v) is 14.8. The Bertz CT molecular complexity index is 888. The summed E-state index contributed by atoms with van der Waals surface area (Å²) >= 11 is 0. The van der Waals surface area contributed by atoms with Crippen molar-refractivity contribution in [1.82, 2.24) is 4.90 Å². The molecule has 1 amide bonds. The van der Waals surface area contributed by atoms with E-state index in [0.29, 0.717) is 11.1 Å². The van der Waals surface area contributed by atoms with Gasteiger partial charge in [-0.2, -0.15) is 0 Å². The molecule has 148 valence electrons. The normalized spacial score (nSPS) is 10.5. The predicted molar refractivity (Wildman–Crippen MR) is 95.4 cm³/mol. The second-order valence-electron chi connectivity index (χ2n) is 6.13. The fraction of sp³-hybridized carbons (Fsp3) is 0.263. The highest BCUT2D eigenvalue weighted by Crippen LogP contribution is 2.16. The van der Waals surface area contributed by atoms with Crippen molar-refractivity contribution < 1.29 is 28.4 Å². The van der Waals surface area contributed by atoms with Crippen LogP contribution in [-0.2, 0) is 22.6 Å². The van der Waals surface area contributed by atoms with Crippen LogP contribution in [-0.4, -0.2) is 33.4 Å². The number of halogens is 2. The molecule has 0 unspecified atom stereocenters. The lowest BCUT2D eigenvalue weighted by Gasteiger charge is -2.22. The molecule has 2 rings (SSSR count). The van der Waals surface area contributed by atoms with Gasteiger partial charge >= 0.3 is 5.97 Å². The monoisotopic (exact) mass is 392 g/mol. The fourth-order valence-corrected chi connectivity index (χ4v) is 2.62. The van der Waals surface area contributed by atoms with Crippen LogP contribution in [0.4, 0.5) is 14.5 Å². The number of nitro benzene ring substituents is 1. The molecule has 0 fully saturated rings. The first-order valence-corrected chi connectivity index (χ1v) is 8.43. The van der Waals surface area contributed by atoms with Gasteiger partial charge in [0.1, 0.15) is 0 Å². The van der Waals surface area contributed by atoms with Gasteiger partial charge in [-0.3, -0.25) is 19.7 Å². The van der Waals surface area contributed by atoms with Crippen LogP contribution in [0.3, 0.4) is 0 Å². The maximum atomic E-state index is 13.4. The SMILES string of the molecule is O=C(O)CCN(Cc1ccc(F)c(F)c1)C(=O)CCc1cccc([N+](=O)[O-])c1. The average molecular weight is 392 g/mol. The number of amides is 1. The van der Waals surface area contributed by atoms with Crippen molar-refractivity contribution in [2.24, 2.45) is 0 Å². The third-order valence-corrected chi connectivity index (χ3v) is 4.05. The van der Waals surface area contributed by atoms with E-state index in [1.165, 1.54) is 29.2 Å². The van der Waals surface area contributed by atoms with Gasteiger partial charge in [0.2, 0.25) is 5.91 Å². The van der Waals surface area contributed by atoms with Crippen molar-refractivity contribution in [3.8, 4) is 0 Å². The molecular formula is C19H18F2N2O5. The second-order valence-corrected chi connectivity index (χ2v) is 6.13. The van der Waals surface area contributed by atoms with Gasteiger partial charge in [0.15, 0.2) is 11.6 Å². The van der Waals surface area contributed by atoms with Crippen molar-refractivity contribution >= 4 is 17.6 Å². The van der Waals surface area contributed by atoms with E-state index in [0.717, 1.165) is 12.1 Å². The zero-order chi connectivity index (χ0) is 20.7. The zero-order valence-electron chi connectivity index (χ0n) is 14.8. The lowest BCUT2D eigenvalue weighted by atomic mass is 10.1. The summed E-state index contributed by atoms with van der Waals surface area (Å²) in [4.78, 5) is 34.9. The second kappa shape index (κ2) is 9.54. The van der Waals surface area contributed by atoms with Crippen molar-refractivity contribution in [2.45, 2.75) is 25.8 Å². The fourth-order valence-electron chi connectivity index (χ4n) is 2.62. The number of carbonyl (C=O) groups is 2. The van der Waals surface area contributed by atoms with Crippen LogP contribution < -0.4 is 0 Å². The highest BCUT2D eigenvalue weighted by atomic mass is 19.2. The van der Waals surface area contributed by atoms with Crippen LogP contribution in [0.2, 0.25) is 0 Å². The Morgan fingerprint density at radius 3 is 2.43 bits per heavy atom. The Labute approximate surface area is 159 Å². The van der Waals surface area contributed by atoms with Crippen LogP contribution >= 0.6 is 0 Å². The van der Waals surface area contributed by atoms with Gasteiger partial charge in [0, 0.05) is 31.6 Å². The van der Waals surface area contributed by atoms with Crippen LogP contribution in [0.1, 0.15) is 24.0 Å². The Balaban J connectivity index is 2.07. The highest BCUT2D eigenvalue weighted by molar-refractivity contribution is 5.77. The molecule has 0 saturated heterocycles. The number of hydrogen-bond donors (Lipinski definition) is 1. The molecule has 2 aromatic rings. The van der Waals surface area contributed by atoms with Crippen molar-refractivity contribution in [1.29, 1.82) is 0 Å². The molecule has 0 atom stereocenters. The minimum Gasteiger partial charge on any atom is -0.481 e. The molecule has 28 heavy (non-hydrogen) atoms. The summed E-state index contributed by atoms with van der Waals surface area (Å²) in [5, 5.41) is 19.7. The molecule has 0 spiro atoms. The smallest absolute Gasteiger partial charge is 0.305 e. The molecule has 9 heteroatoms. The number of rotatable bonds is 9. The molecule has 0 radical (unpaired) electrons. The minimum atomic E-state index is -1.10. The number of carbonyl (C=O) groups excluding carboxylic acids is 1. The number of nitro groups is 1. The van der Waals surface area contributed by atoms with E-state index in [9.17, 15) is 28.5 Å². The van der Waals surface area contributed by atoms with E-state index >= 15 is 0 Å². The average Bonchev–Trinajstić information content (AvgIpc) is 2.66. The van der Waals surface area contributed by atoms with Crippen LogP contribution in [0, 0.1) is 21.7 Å². The maximum absolute atomic E-state index is 13.4. The summed E-state index contributed by atoms with van der Waals surface area (Å²) in [6.45, 7) is -0.166. The van der Waals surface area contributed by atoms with Gasteiger partial charge < -0.3 is 10.0 Å². The number of aryl methyl sites for hydroxylation is 1. The molecule has 0 aliphatic heterocycles. The molecule has 0 aromatic heterocycles. The van der Waals surface area contributed by atoms with Crippen LogP contribution in [0.25, 0.3) is 0 Å². The van der Waals surface area contributed by atoms with Crippen LogP contribution in [0.15, 0.2) is 42.5 Å². The van der Waals surface area contributed by atoms with E-state index < -0.39 is 28.4 Å². The summed E-state index contributed by atoms with van der Waals surface area (Å²) in [6.07, 6.45) is -0.0848. The minimum absolute atomic E-state index is 0.00946. The maximum Gasteiger partial charge on any atom is 0.305 e. The third kappa shape index (κ3) is 6.11. The van der Waals surface area contributed by atoms with Crippen LogP contribution in [0.5, 0.6) is 0 Å². The number of carboxylic acid groups (broad SMARTS) is 1. The molecule has 1 N–H and O–H groups in total. The van der Waals surface area contributed by atoms with Crippen molar-refractivity contribution in [2.75, 3.05) is 6.54 Å². The van der Waals surface area contributed by atoms with Gasteiger partial charge in [-0.25, -0.2) is 8.78 Å². The molecule has 0 saturated carbocycles. The Morgan fingerprint density at radius 2 is 1.79 bits per heavy atom. The summed E-state index contributed by atoms with van der Waals surface area (Å²) in [5.74, 6) is -3.56. The number of nitrogens with zero attached hydrogens (tertiary/aromatic N) is 2. The third-order valence-electron chi connectivity index (χ3n) is 4.05.